The minimum absolute atomic E-state index is 0.0708. The molecule has 0 radical (unpaired) electrons. The quantitative estimate of drug-likeness (QED) is 0.855. The third-order valence-electron chi connectivity index (χ3n) is 4.85. The number of nitrogens with zero attached hydrogens (tertiary/aromatic N) is 3. The molecule has 0 saturated carbocycles. The monoisotopic (exact) mass is 291 g/mol. The lowest BCUT2D eigenvalue weighted by Crippen LogP contribution is -2.46. The van der Waals surface area contributed by atoms with Crippen LogP contribution in [-0.4, -0.2) is 46.4 Å². The van der Waals surface area contributed by atoms with Crippen molar-refractivity contribution in [2.24, 2.45) is 11.8 Å². The van der Waals surface area contributed by atoms with E-state index in [1.165, 1.54) is 0 Å². The van der Waals surface area contributed by atoms with Gasteiger partial charge < -0.3 is 9.64 Å². The van der Waals surface area contributed by atoms with E-state index in [0.717, 1.165) is 51.9 Å². The lowest BCUT2D eigenvalue weighted by molar-refractivity contribution is -0.145. The first-order valence-electron chi connectivity index (χ1n) is 8.12. The van der Waals surface area contributed by atoms with E-state index in [9.17, 15) is 4.79 Å². The van der Waals surface area contributed by atoms with Gasteiger partial charge in [-0.05, 0) is 44.6 Å². The lowest BCUT2D eigenvalue weighted by Gasteiger charge is -2.37. The highest BCUT2D eigenvalue weighted by Crippen LogP contribution is 2.26. The van der Waals surface area contributed by atoms with Crippen molar-refractivity contribution in [2.45, 2.75) is 45.3 Å². The molecule has 2 saturated heterocycles. The molecule has 0 aliphatic carbocycles. The Morgan fingerprint density at radius 3 is 2.81 bits per heavy atom. The van der Waals surface area contributed by atoms with E-state index in [1.807, 2.05) is 30.1 Å². The van der Waals surface area contributed by atoms with Crippen LogP contribution in [0.3, 0.4) is 0 Å². The predicted molar refractivity (Wildman–Crippen MR) is 79.7 cm³/mol. The normalized spacial score (nSPS) is 27.8. The van der Waals surface area contributed by atoms with E-state index >= 15 is 0 Å². The topological polar surface area (TPSA) is 47.4 Å². The number of likely N-dealkylation sites (tertiary alicyclic amines) is 1. The van der Waals surface area contributed by atoms with Gasteiger partial charge in [-0.3, -0.25) is 9.48 Å². The summed E-state index contributed by atoms with van der Waals surface area (Å²) in [7, 11) is 0. The van der Waals surface area contributed by atoms with Crippen molar-refractivity contribution in [2.75, 3.05) is 19.7 Å². The van der Waals surface area contributed by atoms with Gasteiger partial charge in [0.15, 0.2) is 0 Å². The highest BCUT2D eigenvalue weighted by Gasteiger charge is 2.33. The molecule has 3 heterocycles. The molecule has 1 amide bonds. The Balaban J connectivity index is 1.49. The fourth-order valence-electron chi connectivity index (χ4n) is 3.49. The summed E-state index contributed by atoms with van der Waals surface area (Å²) < 4.78 is 7.63. The average molecular weight is 291 g/mol. The molecule has 3 rings (SSSR count). The Kier molecular flexibility index (Phi) is 4.58. The van der Waals surface area contributed by atoms with Gasteiger partial charge in [0.2, 0.25) is 5.91 Å². The van der Waals surface area contributed by atoms with Gasteiger partial charge in [0, 0.05) is 38.6 Å². The summed E-state index contributed by atoms with van der Waals surface area (Å²) in [6.07, 6.45) is 8.06. The van der Waals surface area contributed by atoms with Crippen molar-refractivity contribution in [3.05, 3.63) is 18.5 Å². The van der Waals surface area contributed by atoms with Crippen LogP contribution in [0.25, 0.3) is 0 Å². The van der Waals surface area contributed by atoms with Gasteiger partial charge in [0.25, 0.3) is 0 Å². The number of hydrogen-bond donors (Lipinski definition) is 0. The summed E-state index contributed by atoms with van der Waals surface area (Å²) in [5, 5.41) is 4.27. The van der Waals surface area contributed by atoms with Crippen LogP contribution < -0.4 is 0 Å². The predicted octanol–water partition coefficient (Wildman–Crippen LogP) is 1.94. The number of piperidine rings is 1. The Morgan fingerprint density at radius 1 is 1.33 bits per heavy atom. The molecule has 116 valence electrons. The fourth-order valence-corrected chi connectivity index (χ4v) is 3.49. The van der Waals surface area contributed by atoms with Crippen molar-refractivity contribution in [1.29, 1.82) is 0 Å². The van der Waals surface area contributed by atoms with Gasteiger partial charge in [0.05, 0.1) is 12.0 Å². The van der Waals surface area contributed by atoms with Crippen molar-refractivity contribution in [3.63, 3.8) is 0 Å². The molecule has 2 aliphatic heterocycles. The first-order valence-corrected chi connectivity index (χ1v) is 8.12. The number of carbonyl (C=O) groups is 1. The highest BCUT2D eigenvalue weighted by molar-refractivity contribution is 5.79. The average Bonchev–Trinajstić information content (AvgIpc) is 3.01. The number of hydrogen-bond acceptors (Lipinski definition) is 3. The van der Waals surface area contributed by atoms with Gasteiger partial charge in [-0.1, -0.05) is 0 Å². The Hall–Kier alpha value is -1.36. The molecule has 21 heavy (non-hydrogen) atoms. The van der Waals surface area contributed by atoms with Crippen LogP contribution in [0.1, 0.15) is 32.6 Å². The standard InChI is InChI=1S/C16H25N3O2/c1-13-15(4-2-11-21-13)16(20)18-9-5-14(6-10-18)12-19-8-3-7-17-19/h3,7-8,13-15H,2,4-6,9-12H2,1H3/t13-,15-/m1/s1. The van der Waals surface area contributed by atoms with Crippen LogP contribution in [0.4, 0.5) is 0 Å². The molecule has 0 N–H and O–H groups in total. The highest BCUT2D eigenvalue weighted by atomic mass is 16.5. The van der Waals surface area contributed by atoms with Crippen LogP contribution in [0.5, 0.6) is 0 Å². The van der Waals surface area contributed by atoms with E-state index in [0.29, 0.717) is 11.8 Å². The second kappa shape index (κ2) is 6.60. The molecule has 0 aromatic carbocycles. The molecule has 1 aromatic rings. The molecule has 5 nitrogen and oxygen atoms in total. The van der Waals surface area contributed by atoms with Gasteiger partial charge in [-0.15, -0.1) is 0 Å². The molecule has 2 atom stereocenters. The summed E-state index contributed by atoms with van der Waals surface area (Å²) in [4.78, 5) is 14.7. The van der Waals surface area contributed by atoms with Crippen molar-refractivity contribution in [1.82, 2.24) is 14.7 Å². The molecule has 0 bridgehead atoms. The first kappa shape index (κ1) is 14.6. The third kappa shape index (κ3) is 3.46. The maximum atomic E-state index is 12.6. The maximum absolute atomic E-state index is 12.6. The molecule has 2 fully saturated rings. The number of aromatic nitrogens is 2. The second-order valence-electron chi connectivity index (χ2n) is 6.32. The summed E-state index contributed by atoms with van der Waals surface area (Å²) in [6.45, 7) is 5.57. The minimum atomic E-state index is 0.0708. The van der Waals surface area contributed by atoms with E-state index < -0.39 is 0 Å². The maximum Gasteiger partial charge on any atom is 0.228 e. The zero-order chi connectivity index (χ0) is 14.7. The SMILES string of the molecule is C[C@H]1OCCC[C@H]1C(=O)N1CCC(Cn2cccn2)CC1. The zero-order valence-corrected chi connectivity index (χ0v) is 12.8. The lowest BCUT2D eigenvalue weighted by atomic mass is 9.91. The number of carbonyl (C=O) groups excluding carboxylic acids is 1. The van der Waals surface area contributed by atoms with Crippen LogP contribution in [-0.2, 0) is 16.1 Å². The molecule has 0 unspecified atom stereocenters. The largest absolute Gasteiger partial charge is 0.378 e. The van der Waals surface area contributed by atoms with Gasteiger partial charge in [-0.25, -0.2) is 0 Å². The smallest absolute Gasteiger partial charge is 0.228 e. The van der Waals surface area contributed by atoms with Crippen molar-refractivity contribution in [3.8, 4) is 0 Å². The third-order valence-corrected chi connectivity index (χ3v) is 4.85. The van der Waals surface area contributed by atoms with Gasteiger partial charge >= 0.3 is 0 Å². The molecule has 0 spiro atoms. The fraction of sp³-hybridized carbons (Fsp3) is 0.750. The van der Waals surface area contributed by atoms with Crippen molar-refractivity contribution >= 4 is 5.91 Å². The van der Waals surface area contributed by atoms with Crippen LogP contribution >= 0.6 is 0 Å². The second-order valence-corrected chi connectivity index (χ2v) is 6.32. The van der Waals surface area contributed by atoms with E-state index in [-0.39, 0.29) is 12.0 Å². The first-order chi connectivity index (χ1) is 10.2. The van der Waals surface area contributed by atoms with E-state index in [4.69, 9.17) is 4.74 Å². The molecule has 2 aliphatic rings. The number of ether oxygens (including phenoxy) is 1. The molecule has 5 heteroatoms. The summed E-state index contributed by atoms with van der Waals surface area (Å²) in [5.41, 5.74) is 0. The number of rotatable bonds is 3. The molecular weight excluding hydrogens is 266 g/mol. The van der Waals surface area contributed by atoms with E-state index in [2.05, 4.69) is 10.00 Å². The van der Waals surface area contributed by atoms with Crippen LogP contribution in [0.15, 0.2) is 18.5 Å². The van der Waals surface area contributed by atoms with Crippen molar-refractivity contribution < 1.29 is 9.53 Å². The summed E-state index contributed by atoms with van der Waals surface area (Å²) in [6, 6.07) is 1.96. The Morgan fingerprint density at radius 2 is 2.14 bits per heavy atom. The van der Waals surface area contributed by atoms with E-state index in [1.54, 1.807) is 0 Å². The van der Waals surface area contributed by atoms with Gasteiger partial charge in [-0.2, -0.15) is 5.10 Å². The Bertz CT molecular complexity index is 452. The minimum Gasteiger partial charge on any atom is -0.378 e. The molecular formula is C16H25N3O2. The van der Waals surface area contributed by atoms with Gasteiger partial charge in [0.1, 0.15) is 0 Å². The van der Waals surface area contributed by atoms with Crippen LogP contribution in [0.2, 0.25) is 0 Å². The summed E-state index contributed by atoms with van der Waals surface area (Å²) in [5.74, 6) is 1.01. The Labute approximate surface area is 126 Å². The number of amides is 1. The summed E-state index contributed by atoms with van der Waals surface area (Å²) >= 11 is 0. The molecule has 1 aromatic heterocycles. The zero-order valence-electron chi connectivity index (χ0n) is 12.8. The van der Waals surface area contributed by atoms with Crippen LogP contribution in [0, 0.1) is 11.8 Å².